The Hall–Kier alpha value is -3.59. The Morgan fingerprint density at radius 1 is 1.26 bits per heavy atom. The topological polar surface area (TPSA) is 194 Å². The Labute approximate surface area is 172 Å². The molecule has 164 valence electrons. The number of carbonyl (C=O) groups excluding carboxylic acids is 1. The van der Waals surface area contributed by atoms with Gasteiger partial charge < -0.3 is 35.3 Å². The fraction of sp³-hybridized carbons (Fsp3) is 0.353. The predicted molar refractivity (Wildman–Crippen MR) is 101 cm³/mol. The van der Waals surface area contributed by atoms with E-state index in [9.17, 15) is 30.1 Å². The fourth-order valence-electron chi connectivity index (χ4n) is 3.18. The van der Waals surface area contributed by atoms with Gasteiger partial charge in [-0.2, -0.15) is 4.68 Å². The number of aliphatic hydroxyl groups excluding tert-OH is 3. The maximum Gasteiger partial charge on any atom is 0.302 e. The number of aliphatic hydroxyl groups is 3. The zero-order valence-electron chi connectivity index (χ0n) is 16.0. The van der Waals surface area contributed by atoms with Gasteiger partial charge in [0.1, 0.15) is 24.1 Å². The highest BCUT2D eigenvalue weighted by Crippen LogP contribution is 2.28. The highest BCUT2D eigenvalue weighted by molar-refractivity contribution is 6.07. The number of carbonyl (C=O) groups is 1. The normalized spacial score (nSPS) is 23.2. The van der Waals surface area contributed by atoms with Gasteiger partial charge in [0.15, 0.2) is 23.1 Å². The van der Waals surface area contributed by atoms with E-state index < -0.39 is 48.1 Å². The van der Waals surface area contributed by atoms with E-state index in [0.717, 1.165) is 0 Å². The Kier molecular flexibility index (Phi) is 5.28. The van der Waals surface area contributed by atoms with Gasteiger partial charge in [0, 0.05) is 5.56 Å². The number of aromatic nitrogens is 5. The van der Waals surface area contributed by atoms with Crippen molar-refractivity contribution < 1.29 is 34.8 Å². The summed E-state index contributed by atoms with van der Waals surface area (Å²) in [6.07, 6.45) is -5.63. The molecule has 0 spiro atoms. The lowest BCUT2D eigenvalue weighted by molar-refractivity contribution is -0.0620. The van der Waals surface area contributed by atoms with Gasteiger partial charge in [0.2, 0.25) is 0 Å². The van der Waals surface area contributed by atoms with Gasteiger partial charge in [-0.15, -0.1) is 10.2 Å². The molecular weight excluding hydrogens is 416 g/mol. The van der Waals surface area contributed by atoms with Crippen molar-refractivity contribution in [2.45, 2.75) is 24.5 Å². The summed E-state index contributed by atoms with van der Waals surface area (Å²) < 4.78 is 10.9. The molecule has 14 heteroatoms. The molecule has 2 aromatic heterocycles. The molecule has 1 aliphatic heterocycles. The zero-order chi connectivity index (χ0) is 22.3. The number of ether oxygens (including phenoxy) is 2. The minimum Gasteiger partial charge on any atom is -0.497 e. The minimum atomic E-state index is -1.58. The van der Waals surface area contributed by atoms with Gasteiger partial charge in [0.05, 0.1) is 13.7 Å². The Balaban J connectivity index is 1.66. The predicted octanol–water partition coefficient (Wildman–Crippen LogP) is -1.90. The van der Waals surface area contributed by atoms with E-state index in [0.29, 0.717) is 10.4 Å². The quantitative estimate of drug-likeness (QED) is 0.281. The van der Waals surface area contributed by atoms with E-state index in [1.165, 1.54) is 19.2 Å². The minimum absolute atomic E-state index is 0.211. The molecule has 31 heavy (non-hydrogen) atoms. The van der Waals surface area contributed by atoms with Crippen molar-refractivity contribution in [1.82, 2.24) is 24.9 Å². The first-order valence-electron chi connectivity index (χ1n) is 9.01. The summed E-state index contributed by atoms with van der Waals surface area (Å²) in [5.74, 6) is -0.258. The lowest BCUT2D eigenvalue weighted by Gasteiger charge is -2.15. The molecule has 1 fully saturated rings. The lowest BCUT2D eigenvalue weighted by Crippen LogP contribution is -2.37. The van der Waals surface area contributed by atoms with Gasteiger partial charge in [0.25, 0.3) is 5.91 Å². The number of rotatable bonds is 5. The van der Waals surface area contributed by atoms with Crippen LogP contribution in [0.3, 0.4) is 0 Å². The Morgan fingerprint density at radius 3 is 2.58 bits per heavy atom. The zero-order valence-corrected chi connectivity index (χ0v) is 16.0. The van der Waals surface area contributed by atoms with Crippen LogP contribution in [0.1, 0.15) is 16.6 Å². The van der Waals surface area contributed by atoms with E-state index in [2.05, 4.69) is 20.7 Å². The molecule has 0 saturated carbocycles. The van der Waals surface area contributed by atoms with E-state index in [1.807, 2.05) is 0 Å². The van der Waals surface area contributed by atoms with Gasteiger partial charge in [-0.1, -0.05) is 10.1 Å². The van der Waals surface area contributed by atoms with Crippen LogP contribution in [0.5, 0.6) is 5.75 Å². The van der Waals surface area contributed by atoms with Crippen molar-refractivity contribution in [3.8, 4) is 5.75 Å². The number of hydrogen-bond acceptors (Lipinski definition) is 11. The standard InChI is InChI=1S/C17H18N6O8/c1-30-8-4-2-7(3-5-8)15(27)18-14-10-11(23(29)20-14)16(28)22(21-19-10)17-13(26)12(25)9(6-24)31-17/h2-5,9,12-13,17,24-26,29H,6H2,1H3,(H,18,20,27). The fourth-order valence-corrected chi connectivity index (χ4v) is 3.18. The van der Waals surface area contributed by atoms with Crippen molar-refractivity contribution in [2.24, 2.45) is 0 Å². The maximum atomic E-state index is 12.8. The monoisotopic (exact) mass is 434 g/mol. The van der Waals surface area contributed by atoms with Crippen LogP contribution in [0.15, 0.2) is 29.1 Å². The lowest BCUT2D eigenvalue weighted by atomic mass is 10.1. The molecule has 1 saturated heterocycles. The number of fused-ring (bicyclic) bond motifs is 1. The molecule has 14 nitrogen and oxygen atoms in total. The van der Waals surface area contributed by atoms with Crippen molar-refractivity contribution in [3.63, 3.8) is 0 Å². The molecular formula is C17H18N6O8. The second kappa shape index (κ2) is 7.92. The first kappa shape index (κ1) is 20.7. The van der Waals surface area contributed by atoms with Crippen molar-refractivity contribution in [3.05, 3.63) is 40.2 Å². The number of anilines is 1. The third kappa shape index (κ3) is 3.46. The molecule has 3 heterocycles. The highest BCUT2D eigenvalue weighted by Gasteiger charge is 2.45. The third-order valence-electron chi connectivity index (χ3n) is 4.84. The number of benzene rings is 1. The summed E-state index contributed by atoms with van der Waals surface area (Å²) in [6.45, 7) is -0.599. The van der Waals surface area contributed by atoms with E-state index in [4.69, 9.17) is 9.47 Å². The smallest absolute Gasteiger partial charge is 0.302 e. The molecule has 0 aliphatic carbocycles. The van der Waals surface area contributed by atoms with Crippen LogP contribution in [0.2, 0.25) is 0 Å². The molecule has 5 N–H and O–H groups in total. The molecule has 4 atom stereocenters. The molecule has 4 unspecified atom stereocenters. The van der Waals surface area contributed by atoms with Crippen molar-refractivity contribution in [2.75, 3.05) is 19.0 Å². The molecule has 1 amide bonds. The first-order chi connectivity index (χ1) is 14.8. The van der Waals surface area contributed by atoms with Crippen LogP contribution >= 0.6 is 0 Å². The first-order valence-corrected chi connectivity index (χ1v) is 9.01. The second-order valence-electron chi connectivity index (χ2n) is 6.69. The summed E-state index contributed by atoms with van der Waals surface area (Å²) in [5.41, 5.74) is -1.36. The maximum absolute atomic E-state index is 12.8. The molecule has 1 aliphatic rings. The number of methoxy groups -OCH3 is 1. The van der Waals surface area contributed by atoms with Crippen molar-refractivity contribution in [1.29, 1.82) is 0 Å². The van der Waals surface area contributed by atoms with Gasteiger partial charge >= 0.3 is 5.56 Å². The largest absolute Gasteiger partial charge is 0.497 e. The average Bonchev–Trinajstić information content (AvgIpc) is 3.25. The summed E-state index contributed by atoms with van der Waals surface area (Å²) in [7, 11) is 1.49. The highest BCUT2D eigenvalue weighted by atomic mass is 16.6. The Morgan fingerprint density at radius 2 is 1.97 bits per heavy atom. The third-order valence-corrected chi connectivity index (χ3v) is 4.84. The van der Waals surface area contributed by atoms with Gasteiger partial charge in [-0.25, -0.2) is 0 Å². The summed E-state index contributed by atoms with van der Waals surface area (Å²) >= 11 is 0. The molecule has 3 aromatic rings. The van der Waals surface area contributed by atoms with E-state index >= 15 is 0 Å². The van der Waals surface area contributed by atoms with Gasteiger partial charge in [-0.05, 0) is 24.3 Å². The van der Waals surface area contributed by atoms with Crippen LogP contribution in [-0.4, -0.2) is 83.4 Å². The molecule has 0 bridgehead atoms. The van der Waals surface area contributed by atoms with Crippen LogP contribution in [0, 0.1) is 0 Å². The molecule has 0 radical (unpaired) electrons. The van der Waals surface area contributed by atoms with Crippen LogP contribution in [0.4, 0.5) is 5.82 Å². The Bertz CT molecular complexity index is 1180. The molecule has 4 rings (SSSR count). The summed E-state index contributed by atoms with van der Waals surface area (Å²) in [4.78, 5) is 25.5. The van der Waals surface area contributed by atoms with Crippen LogP contribution < -0.4 is 15.6 Å². The number of amides is 1. The average molecular weight is 434 g/mol. The summed E-state index contributed by atoms with van der Waals surface area (Å²) in [5, 5.41) is 52.8. The van der Waals surface area contributed by atoms with Crippen LogP contribution in [0.25, 0.3) is 11.0 Å². The van der Waals surface area contributed by atoms with Crippen molar-refractivity contribution >= 4 is 22.8 Å². The molecule has 1 aromatic carbocycles. The van der Waals surface area contributed by atoms with Gasteiger partial charge in [-0.3, -0.25) is 9.59 Å². The number of hydrogen-bond donors (Lipinski definition) is 5. The second-order valence-corrected chi connectivity index (χ2v) is 6.69. The van der Waals surface area contributed by atoms with Crippen LogP contribution in [-0.2, 0) is 4.74 Å². The van der Waals surface area contributed by atoms with E-state index in [-0.39, 0.29) is 21.7 Å². The number of nitrogens with one attached hydrogen (secondary N) is 1. The number of nitrogens with zero attached hydrogens (tertiary/aromatic N) is 5. The summed E-state index contributed by atoms with van der Waals surface area (Å²) in [6, 6.07) is 6.17. The van der Waals surface area contributed by atoms with E-state index in [1.54, 1.807) is 12.1 Å². The SMILES string of the molecule is COc1ccc(C(=O)Nc2nn(O)c3c(=O)n(C4OC(CO)C(O)C4O)nnc23)cc1.